The van der Waals surface area contributed by atoms with E-state index in [-0.39, 0.29) is 0 Å². The molecule has 0 radical (unpaired) electrons. The zero-order valence-corrected chi connectivity index (χ0v) is 14.4. The zero-order valence-electron chi connectivity index (χ0n) is 15.4. The summed E-state index contributed by atoms with van der Waals surface area (Å²) in [6.07, 6.45) is 0. The van der Waals surface area contributed by atoms with Crippen LogP contribution in [0.15, 0.2) is 0 Å². The number of nitrogens with one attached hydrogen (secondary N) is 1. The molecule has 1 heterocycles. The number of aromatic nitrogens is 1. The van der Waals surface area contributed by atoms with Gasteiger partial charge in [-0.25, -0.2) is 0 Å². The summed E-state index contributed by atoms with van der Waals surface area (Å²) in [6.45, 7) is 17.5. The molecule has 0 aliphatic carbocycles. The maximum absolute atomic E-state index is 8.74. The van der Waals surface area contributed by atoms with Gasteiger partial charge in [0.15, 0.2) is 1.41 Å². The third-order valence-corrected chi connectivity index (χ3v) is 5.78. The fourth-order valence-electron chi connectivity index (χ4n) is 3.59. The van der Waals surface area contributed by atoms with E-state index in [1.807, 2.05) is 0 Å². The highest BCUT2D eigenvalue weighted by atomic mass is 14.7. The number of aromatic amines is 1. The van der Waals surface area contributed by atoms with Crippen molar-refractivity contribution >= 4 is 21.8 Å². The number of rotatable bonds is 0. The lowest BCUT2D eigenvalue weighted by atomic mass is 9.90. The maximum atomic E-state index is 8.74. The van der Waals surface area contributed by atoms with Crippen LogP contribution in [0.25, 0.3) is 21.8 Å². The molecule has 1 heteroatoms. The minimum atomic E-state index is 1.08. The van der Waals surface area contributed by atoms with Crippen LogP contribution in [0.1, 0.15) is 44.5 Å². The predicted octanol–water partition coefficient (Wildman–Crippen LogP) is 5.79. The second-order valence-electron chi connectivity index (χ2n) is 6.56. The molecule has 110 valence electrons. The molecule has 0 saturated heterocycles. The van der Waals surface area contributed by atoms with Gasteiger partial charge in [-0.15, -0.1) is 0 Å². The molecular formula is C20H25N. The smallest absolute Gasteiger partial charge is 0.167 e. The lowest BCUT2D eigenvalue weighted by molar-refractivity contribution is 1.24. The van der Waals surface area contributed by atoms with E-state index in [1.165, 1.54) is 55.3 Å². The number of H-pyrrole nitrogens is 1. The molecule has 1 N–H and O–H groups in total. The van der Waals surface area contributed by atoms with Crippen LogP contribution in [-0.4, -0.2) is 4.98 Å². The Morgan fingerprint density at radius 1 is 0.476 bits per heavy atom. The third-order valence-electron chi connectivity index (χ3n) is 5.78. The molecule has 0 atom stereocenters. The van der Waals surface area contributed by atoms with Crippen LogP contribution in [-0.2, 0) is 0 Å². The average Bonchev–Trinajstić information content (AvgIpc) is 2.80. The second kappa shape index (κ2) is 4.37. The van der Waals surface area contributed by atoms with E-state index in [9.17, 15) is 0 Å². The van der Waals surface area contributed by atoms with E-state index < -0.39 is 0 Å². The minimum Gasteiger partial charge on any atom is -0.354 e. The molecule has 1 aromatic heterocycles. The van der Waals surface area contributed by atoms with Crippen molar-refractivity contribution in [3.8, 4) is 0 Å². The Morgan fingerprint density at radius 3 is 1.10 bits per heavy atom. The molecule has 2 aromatic carbocycles. The summed E-state index contributed by atoms with van der Waals surface area (Å²) in [5.74, 6) is 0. The Hall–Kier alpha value is -1.76. The number of hydrogen-bond donors (Lipinski definition) is 1. The van der Waals surface area contributed by atoms with Crippen molar-refractivity contribution in [3.05, 3.63) is 44.5 Å². The summed E-state index contributed by atoms with van der Waals surface area (Å²) in [4.78, 5) is 1.67. The molecule has 0 unspecified atom stereocenters. The van der Waals surface area contributed by atoms with Gasteiger partial charge in [0.05, 0.1) is 0 Å². The van der Waals surface area contributed by atoms with Crippen molar-refractivity contribution in [2.75, 3.05) is 0 Å². The second-order valence-corrected chi connectivity index (χ2v) is 6.56. The van der Waals surface area contributed by atoms with Gasteiger partial charge in [-0.1, -0.05) is 0 Å². The fraction of sp³-hybridized carbons (Fsp3) is 0.400. The summed E-state index contributed by atoms with van der Waals surface area (Å²) in [5, 5.41) is 2.55. The predicted molar refractivity (Wildman–Crippen MR) is 93.7 cm³/mol. The molecule has 3 rings (SSSR count). The topological polar surface area (TPSA) is 15.8 Å². The summed E-state index contributed by atoms with van der Waals surface area (Å²) in [5.41, 5.74) is 12.6. The number of benzene rings is 2. The van der Waals surface area contributed by atoms with Crippen molar-refractivity contribution in [1.29, 1.82) is 0 Å². The van der Waals surface area contributed by atoms with Gasteiger partial charge in [0, 0.05) is 21.8 Å². The van der Waals surface area contributed by atoms with Gasteiger partial charge in [-0.3, -0.25) is 0 Å². The standard InChI is InChI=1S/C20H25N/c1-9-11(3)15(7)19-17(13(9)5)18-14(6)10(2)12(4)16(8)20(18)21-19/h21H,1-8H3/i/hD. The normalized spacial score (nSPS) is 12.5. The molecular weight excluding hydrogens is 254 g/mol. The van der Waals surface area contributed by atoms with E-state index in [2.05, 4.69) is 55.4 Å². The molecule has 1 nitrogen and oxygen atoms in total. The maximum Gasteiger partial charge on any atom is 0.167 e. The van der Waals surface area contributed by atoms with Crippen LogP contribution in [0.5, 0.6) is 0 Å². The Morgan fingerprint density at radius 2 is 0.762 bits per heavy atom. The van der Waals surface area contributed by atoms with E-state index in [0.29, 0.717) is 0 Å². The first-order valence-electron chi connectivity index (χ1n) is 8.14. The van der Waals surface area contributed by atoms with Crippen molar-refractivity contribution in [1.82, 2.24) is 4.98 Å². The van der Waals surface area contributed by atoms with Gasteiger partial charge in [0.25, 0.3) is 0 Å². The van der Waals surface area contributed by atoms with E-state index >= 15 is 0 Å². The van der Waals surface area contributed by atoms with Crippen molar-refractivity contribution < 1.29 is 1.41 Å². The number of aryl methyl sites for hydroxylation is 4. The SMILES string of the molecule is [2H]n1c2c(C)c(C)c(C)c(C)c2c2c(C)c(C)c(C)c(C)c21. The van der Waals surface area contributed by atoms with Crippen molar-refractivity contribution in [2.24, 2.45) is 0 Å². The highest BCUT2D eigenvalue weighted by Gasteiger charge is 2.18. The Balaban J connectivity index is 2.81. The van der Waals surface area contributed by atoms with Crippen LogP contribution in [0.4, 0.5) is 0 Å². The Bertz CT molecular complexity index is 881. The summed E-state index contributed by atoms with van der Waals surface area (Å²) in [6, 6.07) is 0. The van der Waals surface area contributed by atoms with E-state index in [0.717, 1.165) is 11.0 Å². The van der Waals surface area contributed by atoms with Crippen LogP contribution in [0.3, 0.4) is 0 Å². The average molecular weight is 280 g/mol. The van der Waals surface area contributed by atoms with Crippen LogP contribution >= 0.6 is 0 Å². The van der Waals surface area contributed by atoms with Gasteiger partial charge in [-0.05, 0) is 99.9 Å². The highest BCUT2D eigenvalue weighted by Crippen LogP contribution is 2.39. The van der Waals surface area contributed by atoms with Crippen LogP contribution in [0.2, 0.25) is 1.41 Å². The van der Waals surface area contributed by atoms with Crippen LogP contribution in [0, 0.1) is 55.4 Å². The lowest BCUT2D eigenvalue weighted by Gasteiger charge is -2.13. The summed E-state index contributed by atoms with van der Waals surface area (Å²) >= 11 is 0. The first kappa shape index (κ1) is 12.9. The number of fused-ring (bicyclic) bond motifs is 3. The monoisotopic (exact) mass is 280 g/mol. The van der Waals surface area contributed by atoms with Gasteiger partial charge in [0.1, 0.15) is 0 Å². The first-order chi connectivity index (χ1) is 10.2. The van der Waals surface area contributed by atoms with Gasteiger partial charge < -0.3 is 4.98 Å². The van der Waals surface area contributed by atoms with E-state index in [1.54, 1.807) is 4.98 Å². The molecule has 0 spiro atoms. The van der Waals surface area contributed by atoms with Gasteiger partial charge >= 0.3 is 0 Å². The molecule has 3 aromatic rings. The zero-order chi connectivity index (χ0) is 16.5. The third kappa shape index (κ3) is 1.64. The van der Waals surface area contributed by atoms with E-state index in [4.69, 9.17) is 1.41 Å². The molecule has 0 saturated carbocycles. The Kier molecular flexibility index (Phi) is 2.69. The number of hydrogen-bond acceptors (Lipinski definition) is 0. The lowest BCUT2D eigenvalue weighted by Crippen LogP contribution is -1.94. The molecule has 0 bridgehead atoms. The molecule has 21 heavy (non-hydrogen) atoms. The largest absolute Gasteiger partial charge is 0.354 e. The Labute approximate surface area is 128 Å². The quantitative estimate of drug-likeness (QED) is 0.536. The molecule has 0 fully saturated rings. The van der Waals surface area contributed by atoms with Gasteiger partial charge in [0.2, 0.25) is 0 Å². The summed E-state index contributed by atoms with van der Waals surface area (Å²) in [7, 11) is 0. The molecule has 0 aliphatic rings. The fourth-order valence-corrected chi connectivity index (χ4v) is 3.59. The van der Waals surface area contributed by atoms with Crippen molar-refractivity contribution in [2.45, 2.75) is 55.4 Å². The van der Waals surface area contributed by atoms with Crippen molar-refractivity contribution in [3.63, 3.8) is 0 Å². The first-order valence-corrected chi connectivity index (χ1v) is 7.70. The van der Waals surface area contributed by atoms with Crippen LogP contribution < -0.4 is 0 Å². The van der Waals surface area contributed by atoms with Gasteiger partial charge in [-0.2, -0.15) is 0 Å². The molecule has 0 amide bonds. The summed E-state index contributed by atoms with van der Waals surface area (Å²) < 4.78 is 8.74. The molecule has 0 aliphatic heterocycles. The minimum absolute atomic E-state index is 1.08. The highest BCUT2D eigenvalue weighted by molar-refractivity contribution is 6.13.